The Morgan fingerprint density at radius 3 is 2.79 bits per heavy atom. The topological polar surface area (TPSA) is 57.7 Å². The number of likely N-dealkylation sites (N-methyl/N-ethyl adjacent to an activating group) is 1. The number of hydrogen-bond acceptors (Lipinski definition) is 6. The molecule has 0 atom stereocenters. The Balaban J connectivity index is 1.23. The van der Waals surface area contributed by atoms with Crippen LogP contribution in [0.1, 0.15) is 17.7 Å². The average Bonchev–Trinajstić information content (AvgIpc) is 3.26. The fourth-order valence-electron chi connectivity index (χ4n) is 3.94. The number of thiophene rings is 1. The van der Waals surface area contributed by atoms with Crippen molar-refractivity contribution in [2.75, 3.05) is 51.7 Å². The molecule has 4 rings (SSSR count). The van der Waals surface area contributed by atoms with Crippen molar-refractivity contribution >= 4 is 22.2 Å². The third-order valence-electron chi connectivity index (χ3n) is 5.84. The molecule has 1 N–H and O–H groups in total. The first-order chi connectivity index (χ1) is 16.0. The molecule has 2 aromatic heterocycles. The van der Waals surface area contributed by atoms with Crippen LogP contribution in [0.4, 0.5) is 5.00 Å². The van der Waals surface area contributed by atoms with Gasteiger partial charge in [0.05, 0.1) is 18.0 Å². The summed E-state index contributed by atoms with van der Waals surface area (Å²) in [5.74, 6) is 0.798. The van der Waals surface area contributed by atoms with Crippen LogP contribution in [0, 0.1) is 6.92 Å². The summed E-state index contributed by atoms with van der Waals surface area (Å²) >= 11 is 1.53. The molecular formula is C26H32N4O2S. The highest BCUT2D eigenvalue weighted by Crippen LogP contribution is 2.29. The number of nitrogens with one attached hydrogen (secondary N) is 1. The van der Waals surface area contributed by atoms with E-state index in [0.29, 0.717) is 13.0 Å². The Morgan fingerprint density at radius 1 is 1.12 bits per heavy atom. The zero-order valence-corrected chi connectivity index (χ0v) is 20.2. The molecule has 1 aromatic carbocycles. The number of aromatic nitrogens is 1. The lowest BCUT2D eigenvalue weighted by Gasteiger charge is -2.32. The molecule has 6 nitrogen and oxygen atoms in total. The number of carbonyl (C=O) groups is 1. The van der Waals surface area contributed by atoms with E-state index in [1.165, 1.54) is 11.3 Å². The van der Waals surface area contributed by atoms with E-state index in [-0.39, 0.29) is 5.91 Å². The van der Waals surface area contributed by atoms with Gasteiger partial charge in [0, 0.05) is 50.0 Å². The number of amides is 1. The molecule has 1 fully saturated rings. The van der Waals surface area contributed by atoms with Crippen molar-refractivity contribution in [3.8, 4) is 16.9 Å². The predicted molar refractivity (Wildman–Crippen MR) is 135 cm³/mol. The fourth-order valence-corrected chi connectivity index (χ4v) is 4.77. The third kappa shape index (κ3) is 7.12. The molecule has 0 saturated carbocycles. The molecule has 0 aliphatic carbocycles. The lowest BCUT2D eigenvalue weighted by atomic mass is 10.1. The van der Waals surface area contributed by atoms with Crippen LogP contribution in [0.2, 0.25) is 0 Å². The fraction of sp³-hybridized carbons (Fsp3) is 0.385. The summed E-state index contributed by atoms with van der Waals surface area (Å²) in [4.78, 5) is 21.7. The monoisotopic (exact) mass is 464 g/mol. The standard InChI is InChI=1S/C26H32N4O2S/c1-20-15-22(7-8-27-20)23-18-26(33-19-23)28-25(31)17-21-5-3-6-24(16-21)32-14-4-9-30-12-10-29(2)11-13-30/h3,5-8,15-16,18-19H,4,9-14,17H2,1-2H3,(H,28,31). The number of piperazine rings is 1. The van der Waals surface area contributed by atoms with Crippen molar-refractivity contribution in [2.45, 2.75) is 19.8 Å². The van der Waals surface area contributed by atoms with Gasteiger partial charge < -0.3 is 19.9 Å². The highest BCUT2D eigenvalue weighted by Gasteiger charge is 2.13. The van der Waals surface area contributed by atoms with Crippen LogP contribution in [0.25, 0.3) is 11.1 Å². The Bertz CT molecular complexity index is 1060. The Labute approximate surface area is 200 Å². The van der Waals surface area contributed by atoms with Crippen molar-refractivity contribution in [1.82, 2.24) is 14.8 Å². The number of pyridine rings is 1. The molecule has 174 valence electrons. The molecular weight excluding hydrogens is 432 g/mol. The molecule has 0 radical (unpaired) electrons. The van der Waals surface area contributed by atoms with Gasteiger partial charge >= 0.3 is 0 Å². The minimum absolute atomic E-state index is 0.0264. The third-order valence-corrected chi connectivity index (χ3v) is 6.68. The van der Waals surface area contributed by atoms with Gasteiger partial charge in [0.25, 0.3) is 0 Å². The van der Waals surface area contributed by atoms with Crippen LogP contribution in [-0.4, -0.2) is 67.1 Å². The van der Waals surface area contributed by atoms with Crippen LogP contribution in [0.15, 0.2) is 54.0 Å². The molecule has 0 spiro atoms. The molecule has 1 saturated heterocycles. The Morgan fingerprint density at radius 2 is 1.97 bits per heavy atom. The van der Waals surface area contributed by atoms with Gasteiger partial charge in [0.15, 0.2) is 0 Å². The second kappa shape index (κ2) is 11.4. The number of benzene rings is 1. The van der Waals surface area contributed by atoms with E-state index in [9.17, 15) is 4.79 Å². The summed E-state index contributed by atoms with van der Waals surface area (Å²) < 4.78 is 5.95. The number of aryl methyl sites for hydroxylation is 1. The van der Waals surface area contributed by atoms with Gasteiger partial charge in [-0.15, -0.1) is 11.3 Å². The van der Waals surface area contributed by atoms with E-state index in [1.807, 2.05) is 55.6 Å². The van der Waals surface area contributed by atoms with Crippen LogP contribution >= 0.6 is 11.3 Å². The normalized spacial score (nSPS) is 14.8. The lowest BCUT2D eigenvalue weighted by molar-refractivity contribution is -0.115. The SMILES string of the molecule is Cc1cc(-c2csc(NC(=O)Cc3cccc(OCCCN4CCN(C)CC4)c3)c2)ccn1. The smallest absolute Gasteiger partial charge is 0.229 e. The lowest BCUT2D eigenvalue weighted by Crippen LogP contribution is -2.44. The first kappa shape index (κ1) is 23.4. The Hall–Kier alpha value is -2.74. The van der Waals surface area contributed by atoms with Crippen molar-refractivity contribution in [1.29, 1.82) is 0 Å². The predicted octanol–water partition coefficient (Wildman–Crippen LogP) is 4.32. The number of nitrogens with zero attached hydrogens (tertiary/aromatic N) is 3. The van der Waals surface area contributed by atoms with Crippen LogP contribution in [0.3, 0.4) is 0 Å². The number of hydrogen-bond donors (Lipinski definition) is 1. The maximum atomic E-state index is 12.6. The second-order valence-electron chi connectivity index (χ2n) is 8.60. The van der Waals surface area contributed by atoms with Crippen molar-refractivity contribution in [3.05, 3.63) is 65.3 Å². The van der Waals surface area contributed by atoms with E-state index in [0.717, 1.165) is 72.3 Å². The van der Waals surface area contributed by atoms with Gasteiger partial charge in [-0.2, -0.15) is 0 Å². The van der Waals surface area contributed by atoms with Crippen molar-refractivity contribution in [2.24, 2.45) is 0 Å². The van der Waals surface area contributed by atoms with Gasteiger partial charge in [0.2, 0.25) is 5.91 Å². The molecule has 7 heteroatoms. The van der Waals surface area contributed by atoms with Crippen LogP contribution in [0.5, 0.6) is 5.75 Å². The molecule has 3 aromatic rings. The average molecular weight is 465 g/mol. The second-order valence-corrected chi connectivity index (χ2v) is 9.52. The molecule has 33 heavy (non-hydrogen) atoms. The Kier molecular flexibility index (Phi) is 8.10. The number of ether oxygens (including phenoxy) is 1. The first-order valence-electron chi connectivity index (χ1n) is 11.5. The van der Waals surface area contributed by atoms with Gasteiger partial charge in [-0.1, -0.05) is 12.1 Å². The zero-order chi connectivity index (χ0) is 23.0. The summed E-state index contributed by atoms with van der Waals surface area (Å²) in [6.07, 6.45) is 3.13. The minimum Gasteiger partial charge on any atom is -0.494 e. The van der Waals surface area contributed by atoms with Crippen LogP contribution < -0.4 is 10.1 Å². The highest BCUT2D eigenvalue weighted by molar-refractivity contribution is 7.14. The first-order valence-corrected chi connectivity index (χ1v) is 12.4. The maximum Gasteiger partial charge on any atom is 0.229 e. The summed E-state index contributed by atoms with van der Waals surface area (Å²) in [5.41, 5.74) is 4.13. The zero-order valence-electron chi connectivity index (χ0n) is 19.4. The van der Waals surface area contributed by atoms with E-state index in [4.69, 9.17) is 4.74 Å². The van der Waals surface area contributed by atoms with E-state index in [1.54, 1.807) is 0 Å². The minimum atomic E-state index is -0.0264. The van der Waals surface area contributed by atoms with Crippen molar-refractivity contribution in [3.63, 3.8) is 0 Å². The molecule has 0 bridgehead atoms. The molecule has 1 aliphatic heterocycles. The summed E-state index contributed by atoms with van der Waals surface area (Å²) in [7, 11) is 2.18. The van der Waals surface area contributed by atoms with E-state index >= 15 is 0 Å². The molecule has 1 amide bonds. The van der Waals surface area contributed by atoms with Gasteiger partial charge in [-0.05, 0) is 67.4 Å². The van der Waals surface area contributed by atoms with Gasteiger partial charge in [0.1, 0.15) is 5.75 Å². The van der Waals surface area contributed by atoms with Gasteiger partial charge in [-0.3, -0.25) is 9.78 Å². The van der Waals surface area contributed by atoms with Crippen molar-refractivity contribution < 1.29 is 9.53 Å². The highest BCUT2D eigenvalue weighted by atomic mass is 32.1. The van der Waals surface area contributed by atoms with Gasteiger partial charge in [-0.25, -0.2) is 0 Å². The molecule has 3 heterocycles. The number of anilines is 1. The van der Waals surface area contributed by atoms with E-state index in [2.05, 4.69) is 32.5 Å². The quantitative estimate of drug-likeness (QED) is 0.478. The molecule has 0 unspecified atom stereocenters. The van der Waals surface area contributed by atoms with Crippen LogP contribution in [-0.2, 0) is 11.2 Å². The number of rotatable bonds is 9. The summed E-state index contributed by atoms with van der Waals surface area (Å²) in [5, 5.41) is 5.93. The maximum absolute atomic E-state index is 12.6. The van der Waals surface area contributed by atoms with E-state index < -0.39 is 0 Å². The largest absolute Gasteiger partial charge is 0.494 e. The number of carbonyl (C=O) groups excluding carboxylic acids is 1. The summed E-state index contributed by atoms with van der Waals surface area (Å²) in [6, 6.07) is 13.9. The molecule has 1 aliphatic rings. The summed E-state index contributed by atoms with van der Waals surface area (Å²) in [6.45, 7) is 8.28.